The SMILES string of the molecule is O=c1[nH]cnc(CCc2ccc(C#Cc3ccc(C(O)CCl)cc3)cc2)c1O. The summed E-state index contributed by atoms with van der Waals surface area (Å²) in [4.78, 5) is 17.7. The van der Waals surface area contributed by atoms with E-state index in [1.165, 1.54) is 6.33 Å². The summed E-state index contributed by atoms with van der Waals surface area (Å²) < 4.78 is 0. The third-order valence-electron chi connectivity index (χ3n) is 4.30. The number of hydrogen-bond donors (Lipinski definition) is 3. The Morgan fingerprint density at radius 2 is 1.61 bits per heavy atom. The van der Waals surface area contributed by atoms with Crippen LogP contribution < -0.4 is 5.56 Å². The van der Waals surface area contributed by atoms with E-state index in [4.69, 9.17) is 11.6 Å². The first-order valence-electron chi connectivity index (χ1n) is 8.77. The van der Waals surface area contributed by atoms with Crippen LogP contribution in [-0.4, -0.2) is 26.1 Å². The van der Waals surface area contributed by atoms with E-state index in [9.17, 15) is 15.0 Å². The van der Waals surface area contributed by atoms with E-state index in [-0.39, 0.29) is 11.6 Å². The molecule has 5 nitrogen and oxygen atoms in total. The zero-order chi connectivity index (χ0) is 19.9. The fourth-order valence-electron chi connectivity index (χ4n) is 2.65. The lowest BCUT2D eigenvalue weighted by molar-refractivity contribution is 0.202. The zero-order valence-electron chi connectivity index (χ0n) is 15.0. The van der Waals surface area contributed by atoms with E-state index in [0.29, 0.717) is 18.5 Å². The molecule has 0 saturated carbocycles. The number of alkyl halides is 1. The molecule has 0 saturated heterocycles. The number of aromatic hydroxyl groups is 1. The number of aryl methyl sites for hydroxylation is 2. The maximum absolute atomic E-state index is 11.4. The smallest absolute Gasteiger partial charge is 0.293 e. The lowest BCUT2D eigenvalue weighted by Crippen LogP contribution is -2.09. The van der Waals surface area contributed by atoms with E-state index in [1.807, 2.05) is 48.5 Å². The fraction of sp³-hybridized carbons (Fsp3) is 0.182. The minimum absolute atomic E-state index is 0.161. The number of halogens is 1. The van der Waals surface area contributed by atoms with Gasteiger partial charge in [0.1, 0.15) is 0 Å². The molecule has 0 amide bonds. The Balaban J connectivity index is 1.63. The molecule has 1 aromatic heterocycles. The molecule has 3 N–H and O–H groups in total. The molecule has 2 aromatic carbocycles. The molecule has 0 fully saturated rings. The number of aromatic nitrogens is 2. The van der Waals surface area contributed by atoms with Gasteiger partial charge >= 0.3 is 0 Å². The molecule has 142 valence electrons. The summed E-state index contributed by atoms with van der Waals surface area (Å²) in [6.45, 7) is 0. The number of nitrogens with one attached hydrogen (secondary N) is 1. The van der Waals surface area contributed by atoms with E-state index in [1.54, 1.807) is 0 Å². The normalized spacial score (nSPS) is 11.5. The second kappa shape index (κ2) is 9.23. The third-order valence-corrected chi connectivity index (χ3v) is 4.59. The second-order valence-electron chi connectivity index (χ2n) is 6.27. The highest BCUT2D eigenvalue weighted by Gasteiger charge is 2.07. The van der Waals surface area contributed by atoms with Crippen molar-refractivity contribution in [3.8, 4) is 17.6 Å². The monoisotopic (exact) mass is 394 g/mol. The molecule has 0 radical (unpaired) electrons. The first kappa shape index (κ1) is 19.7. The number of rotatable bonds is 5. The van der Waals surface area contributed by atoms with Crippen molar-refractivity contribution in [2.45, 2.75) is 18.9 Å². The van der Waals surface area contributed by atoms with Gasteiger partial charge in [-0.05, 0) is 48.2 Å². The fourth-order valence-corrected chi connectivity index (χ4v) is 2.83. The first-order valence-corrected chi connectivity index (χ1v) is 9.30. The van der Waals surface area contributed by atoms with Crippen molar-refractivity contribution in [1.82, 2.24) is 9.97 Å². The summed E-state index contributed by atoms with van der Waals surface area (Å²) >= 11 is 5.64. The maximum atomic E-state index is 11.4. The van der Waals surface area contributed by atoms with Crippen LogP contribution >= 0.6 is 11.6 Å². The topological polar surface area (TPSA) is 86.2 Å². The van der Waals surface area contributed by atoms with Crippen molar-refractivity contribution in [3.05, 3.63) is 93.2 Å². The third kappa shape index (κ3) is 5.01. The van der Waals surface area contributed by atoms with Crippen molar-refractivity contribution in [2.75, 3.05) is 5.88 Å². The Kier molecular flexibility index (Phi) is 6.49. The number of hydrogen-bond acceptors (Lipinski definition) is 4. The molecular formula is C22H19ClN2O3. The molecule has 28 heavy (non-hydrogen) atoms. The molecule has 0 aliphatic carbocycles. The van der Waals surface area contributed by atoms with Gasteiger partial charge in [-0.1, -0.05) is 36.1 Å². The number of aliphatic hydroxyl groups is 1. The quantitative estimate of drug-likeness (QED) is 0.458. The number of aromatic amines is 1. The van der Waals surface area contributed by atoms with Crippen molar-refractivity contribution in [1.29, 1.82) is 0 Å². The van der Waals surface area contributed by atoms with Gasteiger partial charge in [0.05, 0.1) is 24.0 Å². The molecule has 0 spiro atoms. The van der Waals surface area contributed by atoms with Crippen LogP contribution in [-0.2, 0) is 12.8 Å². The summed E-state index contributed by atoms with van der Waals surface area (Å²) in [5, 5.41) is 19.4. The van der Waals surface area contributed by atoms with Crippen LogP contribution in [0.1, 0.15) is 34.1 Å². The summed E-state index contributed by atoms with van der Waals surface area (Å²) in [6, 6.07) is 15.1. The largest absolute Gasteiger partial charge is 0.502 e. The van der Waals surface area contributed by atoms with Gasteiger partial charge in [0.2, 0.25) is 5.75 Å². The summed E-state index contributed by atoms with van der Waals surface area (Å²) in [5.41, 5.74) is 3.42. The molecule has 1 atom stereocenters. The Morgan fingerprint density at radius 3 is 2.21 bits per heavy atom. The average Bonchev–Trinajstić information content (AvgIpc) is 2.74. The molecule has 0 aliphatic heterocycles. The van der Waals surface area contributed by atoms with Crippen LogP contribution in [0.25, 0.3) is 0 Å². The van der Waals surface area contributed by atoms with Crippen LogP contribution in [0.2, 0.25) is 0 Å². The van der Waals surface area contributed by atoms with Crippen LogP contribution in [0, 0.1) is 11.8 Å². The Bertz CT molecular complexity index is 1050. The number of aliphatic hydroxyl groups excluding tert-OH is 1. The Labute approximate surface area is 167 Å². The summed E-state index contributed by atoms with van der Waals surface area (Å²) in [5.74, 6) is 6.03. The Hall–Kier alpha value is -3.07. The average molecular weight is 395 g/mol. The molecule has 1 unspecified atom stereocenters. The van der Waals surface area contributed by atoms with Crippen LogP contribution in [0.15, 0.2) is 59.7 Å². The summed E-state index contributed by atoms with van der Waals surface area (Å²) in [6.07, 6.45) is 1.75. The lowest BCUT2D eigenvalue weighted by atomic mass is 10.1. The van der Waals surface area contributed by atoms with Crippen LogP contribution in [0.4, 0.5) is 0 Å². The highest BCUT2D eigenvalue weighted by Crippen LogP contribution is 2.15. The van der Waals surface area contributed by atoms with Gasteiger partial charge in [-0.3, -0.25) is 4.79 Å². The predicted molar refractivity (Wildman–Crippen MR) is 108 cm³/mol. The van der Waals surface area contributed by atoms with Gasteiger partial charge in [-0.25, -0.2) is 4.98 Å². The molecule has 3 rings (SSSR count). The molecule has 1 heterocycles. The van der Waals surface area contributed by atoms with E-state index >= 15 is 0 Å². The highest BCUT2D eigenvalue weighted by molar-refractivity contribution is 6.18. The van der Waals surface area contributed by atoms with Gasteiger partial charge in [0, 0.05) is 11.1 Å². The first-order chi connectivity index (χ1) is 13.6. The summed E-state index contributed by atoms with van der Waals surface area (Å²) in [7, 11) is 0. The van der Waals surface area contributed by atoms with Crippen molar-refractivity contribution < 1.29 is 10.2 Å². The molecular weight excluding hydrogens is 376 g/mol. The number of nitrogens with zero attached hydrogens (tertiary/aromatic N) is 1. The van der Waals surface area contributed by atoms with Crippen LogP contribution in [0.5, 0.6) is 5.75 Å². The minimum Gasteiger partial charge on any atom is -0.502 e. The van der Waals surface area contributed by atoms with Gasteiger partial charge in [-0.15, -0.1) is 11.6 Å². The zero-order valence-corrected chi connectivity index (χ0v) is 15.8. The van der Waals surface area contributed by atoms with E-state index in [2.05, 4.69) is 21.8 Å². The number of H-pyrrole nitrogens is 1. The standard InChI is InChI=1S/C22H19ClN2O3/c23-13-20(26)18-10-7-17(8-11-18)6-3-15-1-4-16(5-2-15)9-12-19-21(27)22(28)25-14-24-19/h1-2,4-5,7-8,10-11,14,20,26-27H,9,12-13H2,(H,24,25,28). The second-order valence-corrected chi connectivity index (χ2v) is 6.57. The van der Waals surface area contributed by atoms with E-state index < -0.39 is 11.7 Å². The maximum Gasteiger partial charge on any atom is 0.293 e. The van der Waals surface area contributed by atoms with Gasteiger partial charge < -0.3 is 15.2 Å². The predicted octanol–water partition coefficient (Wildman–Crippen LogP) is 2.93. The lowest BCUT2D eigenvalue weighted by Gasteiger charge is -2.06. The molecule has 3 aromatic rings. The molecule has 0 aliphatic rings. The van der Waals surface area contributed by atoms with Gasteiger partial charge in [0.15, 0.2) is 0 Å². The van der Waals surface area contributed by atoms with E-state index in [0.717, 1.165) is 22.3 Å². The van der Waals surface area contributed by atoms with Crippen LogP contribution in [0.3, 0.4) is 0 Å². The van der Waals surface area contributed by atoms with Crippen molar-refractivity contribution in [3.63, 3.8) is 0 Å². The highest BCUT2D eigenvalue weighted by atomic mass is 35.5. The van der Waals surface area contributed by atoms with Gasteiger partial charge in [-0.2, -0.15) is 0 Å². The van der Waals surface area contributed by atoms with Crippen molar-refractivity contribution in [2.24, 2.45) is 0 Å². The Morgan fingerprint density at radius 1 is 1.00 bits per heavy atom. The minimum atomic E-state index is -0.664. The van der Waals surface area contributed by atoms with Gasteiger partial charge in [0.25, 0.3) is 5.56 Å². The van der Waals surface area contributed by atoms with Crippen molar-refractivity contribution >= 4 is 11.6 Å². The molecule has 6 heteroatoms. The molecule has 0 bridgehead atoms. The number of benzene rings is 2.